The predicted octanol–water partition coefficient (Wildman–Crippen LogP) is 2.71. The van der Waals surface area contributed by atoms with Crippen molar-refractivity contribution in [2.24, 2.45) is 10.7 Å². The molecule has 8 heteroatoms. The fourth-order valence-corrected chi connectivity index (χ4v) is 2.23. The minimum absolute atomic E-state index is 0. The molecule has 0 atom stereocenters. The van der Waals surface area contributed by atoms with Gasteiger partial charge in [-0.1, -0.05) is 6.07 Å². The van der Waals surface area contributed by atoms with Crippen LogP contribution in [0.15, 0.2) is 41.5 Å². The minimum Gasteiger partial charge on any atom is -0.493 e. The van der Waals surface area contributed by atoms with Crippen LogP contribution in [-0.2, 0) is 6.54 Å². The van der Waals surface area contributed by atoms with E-state index >= 15 is 0 Å². The third kappa shape index (κ3) is 5.66. The Hall–Kier alpha value is -2.23. The number of nitrogens with two attached hydrogens (primary N) is 1. The van der Waals surface area contributed by atoms with Crippen molar-refractivity contribution in [1.82, 2.24) is 4.98 Å². The maximum Gasteiger partial charge on any atom is 0.193 e. The molecule has 0 spiro atoms. The topological polar surface area (TPSA) is 85.0 Å². The first-order chi connectivity index (χ1) is 11.5. The summed E-state index contributed by atoms with van der Waals surface area (Å²) in [5, 5.41) is 3.05. The molecule has 1 heterocycles. The highest BCUT2D eigenvalue weighted by molar-refractivity contribution is 14.0. The number of aromatic nitrogens is 1. The lowest BCUT2D eigenvalue weighted by molar-refractivity contribution is 0.355. The van der Waals surface area contributed by atoms with Crippen molar-refractivity contribution >= 4 is 41.4 Å². The van der Waals surface area contributed by atoms with E-state index in [1.54, 1.807) is 32.5 Å². The summed E-state index contributed by atoms with van der Waals surface area (Å²) in [5.41, 5.74) is 7.75. The molecule has 2 aromatic rings. The van der Waals surface area contributed by atoms with E-state index in [-0.39, 0.29) is 24.0 Å². The second-order valence-corrected chi connectivity index (χ2v) is 5.28. The summed E-state index contributed by atoms with van der Waals surface area (Å²) >= 11 is 0. The van der Waals surface area contributed by atoms with Gasteiger partial charge in [-0.3, -0.25) is 0 Å². The van der Waals surface area contributed by atoms with Crippen LogP contribution >= 0.6 is 24.0 Å². The zero-order valence-corrected chi connectivity index (χ0v) is 17.1. The molecule has 0 unspecified atom stereocenters. The van der Waals surface area contributed by atoms with Gasteiger partial charge in [0.15, 0.2) is 17.5 Å². The SMILES string of the molecule is COc1ccc(NC(N)=NCc2cccnc2N(C)C)cc1OC.I. The van der Waals surface area contributed by atoms with Crippen LogP contribution in [0.2, 0.25) is 0 Å². The monoisotopic (exact) mass is 457 g/mol. The highest BCUT2D eigenvalue weighted by Crippen LogP contribution is 2.29. The Morgan fingerprint density at radius 1 is 1.20 bits per heavy atom. The first-order valence-corrected chi connectivity index (χ1v) is 7.45. The largest absolute Gasteiger partial charge is 0.493 e. The molecular weight excluding hydrogens is 433 g/mol. The Bertz CT molecular complexity index is 722. The van der Waals surface area contributed by atoms with Crippen LogP contribution in [0.1, 0.15) is 5.56 Å². The molecule has 136 valence electrons. The van der Waals surface area contributed by atoms with E-state index in [0.717, 1.165) is 17.1 Å². The number of anilines is 2. The molecule has 0 saturated heterocycles. The van der Waals surface area contributed by atoms with Crippen molar-refractivity contribution in [3.05, 3.63) is 42.1 Å². The van der Waals surface area contributed by atoms with Crippen LogP contribution in [0.25, 0.3) is 0 Å². The van der Waals surface area contributed by atoms with Gasteiger partial charge in [0.2, 0.25) is 0 Å². The van der Waals surface area contributed by atoms with Crippen LogP contribution < -0.4 is 25.4 Å². The molecule has 1 aromatic carbocycles. The first-order valence-electron chi connectivity index (χ1n) is 7.45. The Labute approximate surface area is 165 Å². The normalized spacial score (nSPS) is 10.6. The molecule has 0 aliphatic rings. The number of rotatable bonds is 6. The van der Waals surface area contributed by atoms with Crippen LogP contribution in [0.5, 0.6) is 11.5 Å². The van der Waals surface area contributed by atoms with Crippen LogP contribution in [-0.4, -0.2) is 39.3 Å². The standard InChI is InChI=1S/C17H23N5O2.HI/c1-22(2)16-12(6-5-9-19-16)11-20-17(18)21-13-7-8-14(23-3)15(10-13)24-4;/h5-10H,11H2,1-4H3,(H3,18,20,21);1H. The van der Waals surface area contributed by atoms with E-state index in [1.165, 1.54) is 0 Å². The number of methoxy groups -OCH3 is 2. The lowest BCUT2D eigenvalue weighted by atomic mass is 10.2. The minimum atomic E-state index is 0. The van der Waals surface area contributed by atoms with E-state index in [9.17, 15) is 0 Å². The highest BCUT2D eigenvalue weighted by Gasteiger charge is 2.07. The van der Waals surface area contributed by atoms with E-state index in [2.05, 4.69) is 15.3 Å². The van der Waals surface area contributed by atoms with Crippen molar-refractivity contribution in [3.63, 3.8) is 0 Å². The maximum atomic E-state index is 5.97. The first kappa shape index (κ1) is 20.8. The van der Waals surface area contributed by atoms with Crippen LogP contribution in [0.3, 0.4) is 0 Å². The van der Waals surface area contributed by atoms with Gasteiger partial charge < -0.3 is 25.4 Å². The molecule has 7 nitrogen and oxygen atoms in total. The number of ether oxygens (including phenoxy) is 2. The Morgan fingerprint density at radius 2 is 1.92 bits per heavy atom. The molecule has 0 aliphatic carbocycles. The van der Waals surface area contributed by atoms with Gasteiger partial charge in [-0.2, -0.15) is 0 Å². The number of hydrogen-bond acceptors (Lipinski definition) is 5. The molecule has 0 radical (unpaired) electrons. The number of hydrogen-bond donors (Lipinski definition) is 2. The van der Waals surface area contributed by atoms with Crippen LogP contribution in [0.4, 0.5) is 11.5 Å². The number of pyridine rings is 1. The third-order valence-electron chi connectivity index (χ3n) is 3.37. The van der Waals surface area contributed by atoms with Crippen molar-refractivity contribution in [1.29, 1.82) is 0 Å². The number of aliphatic imine (C=N–C) groups is 1. The average Bonchev–Trinajstić information content (AvgIpc) is 2.60. The molecule has 0 bridgehead atoms. The quantitative estimate of drug-likeness (QED) is 0.394. The molecule has 0 aliphatic heterocycles. The maximum absolute atomic E-state index is 5.97. The summed E-state index contributed by atoms with van der Waals surface area (Å²) in [4.78, 5) is 10.7. The fraction of sp³-hybridized carbons (Fsp3) is 0.294. The van der Waals surface area contributed by atoms with Gasteiger partial charge in [-0.15, -0.1) is 24.0 Å². The third-order valence-corrected chi connectivity index (χ3v) is 3.37. The molecule has 0 fully saturated rings. The lowest BCUT2D eigenvalue weighted by Crippen LogP contribution is -2.23. The summed E-state index contributed by atoms with van der Waals surface area (Å²) in [6, 6.07) is 9.32. The molecule has 2 rings (SSSR count). The zero-order valence-electron chi connectivity index (χ0n) is 14.8. The summed E-state index contributed by atoms with van der Waals surface area (Å²) < 4.78 is 10.5. The number of benzene rings is 1. The number of nitrogens with one attached hydrogen (secondary N) is 1. The average molecular weight is 457 g/mol. The van der Waals surface area contributed by atoms with Crippen molar-refractivity contribution in [2.75, 3.05) is 38.5 Å². The second-order valence-electron chi connectivity index (χ2n) is 5.28. The highest BCUT2D eigenvalue weighted by atomic mass is 127. The molecular formula is C17H24IN5O2. The number of guanidine groups is 1. The Kier molecular flexibility index (Phi) is 8.26. The van der Waals surface area contributed by atoms with Gasteiger partial charge >= 0.3 is 0 Å². The Balaban J connectivity index is 0.00000312. The summed E-state index contributed by atoms with van der Waals surface area (Å²) in [5.74, 6) is 2.47. The van der Waals surface area contributed by atoms with Gasteiger partial charge in [-0.05, 0) is 18.2 Å². The van der Waals surface area contributed by atoms with E-state index in [1.807, 2.05) is 37.2 Å². The summed E-state index contributed by atoms with van der Waals surface area (Å²) in [6.07, 6.45) is 1.76. The lowest BCUT2D eigenvalue weighted by Gasteiger charge is -2.15. The molecule has 0 amide bonds. The van der Waals surface area contributed by atoms with Crippen molar-refractivity contribution < 1.29 is 9.47 Å². The van der Waals surface area contributed by atoms with E-state index in [0.29, 0.717) is 24.0 Å². The fourth-order valence-electron chi connectivity index (χ4n) is 2.23. The van der Waals surface area contributed by atoms with Gasteiger partial charge in [-0.25, -0.2) is 9.98 Å². The number of nitrogens with zero attached hydrogens (tertiary/aromatic N) is 3. The predicted molar refractivity (Wildman–Crippen MR) is 112 cm³/mol. The van der Waals surface area contributed by atoms with Gasteiger partial charge in [0, 0.05) is 37.6 Å². The van der Waals surface area contributed by atoms with Crippen LogP contribution in [0, 0.1) is 0 Å². The zero-order chi connectivity index (χ0) is 17.5. The molecule has 0 saturated carbocycles. The molecule has 25 heavy (non-hydrogen) atoms. The van der Waals surface area contributed by atoms with Crippen molar-refractivity contribution in [3.8, 4) is 11.5 Å². The summed E-state index contributed by atoms with van der Waals surface area (Å²) in [6.45, 7) is 0.438. The summed E-state index contributed by atoms with van der Waals surface area (Å²) in [7, 11) is 7.07. The van der Waals surface area contributed by atoms with Gasteiger partial charge in [0.05, 0.1) is 20.8 Å². The number of halogens is 1. The van der Waals surface area contributed by atoms with E-state index < -0.39 is 0 Å². The smallest absolute Gasteiger partial charge is 0.193 e. The molecule has 3 N–H and O–H groups in total. The van der Waals surface area contributed by atoms with Gasteiger partial charge in [0.1, 0.15) is 5.82 Å². The van der Waals surface area contributed by atoms with Gasteiger partial charge in [0.25, 0.3) is 0 Å². The van der Waals surface area contributed by atoms with E-state index in [4.69, 9.17) is 15.2 Å². The Morgan fingerprint density at radius 3 is 2.56 bits per heavy atom. The second kappa shape index (κ2) is 9.92. The molecule has 1 aromatic heterocycles. The van der Waals surface area contributed by atoms with Crippen molar-refractivity contribution in [2.45, 2.75) is 6.54 Å².